The number of thioether (sulfide) groups is 1. The van der Waals surface area contributed by atoms with Crippen LogP contribution in [0.3, 0.4) is 0 Å². The number of carbonyl (C=O) groups excluding carboxylic acids is 1. The highest BCUT2D eigenvalue weighted by Gasteiger charge is 2.06. The minimum absolute atomic E-state index is 0.153. The van der Waals surface area contributed by atoms with Crippen LogP contribution in [0.1, 0.15) is 23.1 Å². The number of amides is 1. The first-order valence-corrected chi connectivity index (χ1v) is 8.18. The summed E-state index contributed by atoms with van der Waals surface area (Å²) in [4.78, 5) is 11.7. The van der Waals surface area contributed by atoms with Gasteiger partial charge in [-0.2, -0.15) is 5.10 Å². The van der Waals surface area contributed by atoms with Crippen LogP contribution in [0.15, 0.2) is 33.7 Å². The molecular weight excluding hydrogens is 304 g/mol. The number of nitrogens with zero attached hydrogens (tertiary/aromatic N) is 3. The number of carbonyl (C=O) groups is 1. The summed E-state index contributed by atoms with van der Waals surface area (Å²) >= 11 is 2.84. The van der Waals surface area contributed by atoms with Crippen LogP contribution in [-0.4, -0.2) is 27.6 Å². The van der Waals surface area contributed by atoms with Crippen molar-refractivity contribution in [3.05, 3.63) is 40.4 Å². The van der Waals surface area contributed by atoms with Gasteiger partial charge >= 0.3 is 0 Å². The smallest absolute Gasteiger partial charge is 0.250 e. The van der Waals surface area contributed by atoms with E-state index in [1.165, 1.54) is 28.7 Å². The molecule has 2 rings (SSSR count). The van der Waals surface area contributed by atoms with Crippen LogP contribution in [-0.2, 0) is 4.79 Å². The second kappa shape index (κ2) is 7.33. The van der Waals surface area contributed by atoms with Gasteiger partial charge in [0, 0.05) is 0 Å². The van der Waals surface area contributed by atoms with Crippen molar-refractivity contribution in [3.8, 4) is 0 Å². The highest BCUT2D eigenvalue weighted by atomic mass is 32.2. The number of hydrogen-bond donors (Lipinski definition) is 1. The van der Waals surface area contributed by atoms with Crippen molar-refractivity contribution in [2.24, 2.45) is 5.10 Å². The van der Waals surface area contributed by atoms with Crippen LogP contribution in [0.4, 0.5) is 0 Å². The number of nitrogens with one attached hydrogen (secondary N) is 1. The van der Waals surface area contributed by atoms with Crippen LogP contribution >= 0.6 is 23.1 Å². The third-order valence-electron chi connectivity index (χ3n) is 2.65. The summed E-state index contributed by atoms with van der Waals surface area (Å²) in [5, 5.41) is 12.9. The number of benzene rings is 1. The van der Waals surface area contributed by atoms with Crippen molar-refractivity contribution in [3.63, 3.8) is 0 Å². The van der Waals surface area contributed by atoms with Gasteiger partial charge in [-0.25, -0.2) is 5.43 Å². The van der Waals surface area contributed by atoms with E-state index in [1.807, 2.05) is 45.0 Å². The molecule has 0 atom stereocenters. The van der Waals surface area contributed by atoms with Crippen LogP contribution < -0.4 is 5.43 Å². The van der Waals surface area contributed by atoms with E-state index in [9.17, 15) is 4.79 Å². The molecule has 1 heterocycles. The summed E-state index contributed by atoms with van der Waals surface area (Å²) in [6.45, 7) is 5.79. The molecule has 0 bridgehead atoms. The Bertz CT molecular complexity index is 649. The predicted octanol–water partition coefficient (Wildman–Crippen LogP) is 2.79. The highest BCUT2D eigenvalue weighted by Crippen LogP contribution is 2.21. The lowest BCUT2D eigenvalue weighted by atomic mass is 10.1. The summed E-state index contributed by atoms with van der Waals surface area (Å²) in [6.07, 6.45) is 0. The maximum absolute atomic E-state index is 11.7. The molecule has 0 spiro atoms. The third kappa shape index (κ3) is 4.95. The van der Waals surface area contributed by atoms with Gasteiger partial charge in [-0.15, -0.1) is 10.2 Å². The van der Waals surface area contributed by atoms with Gasteiger partial charge in [0.2, 0.25) is 0 Å². The average molecular weight is 320 g/mol. The maximum Gasteiger partial charge on any atom is 0.250 e. The van der Waals surface area contributed by atoms with Crippen molar-refractivity contribution >= 4 is 34.7 Å². The highest BCUT2D eigenvalue weighted by molar-refractivity contribution is 8.01. The first kappa shape index (κ1) is 15.7. The monoisotopic (exact) mass is 320 g/mol. The lowest BCUT2D eigenvalue weighted by Gasteiger charge is -2.02. The first-order valence-electron chi connectivity index (χ1n) is 6.37. The second-order valence-corrected chi connectivity index (χ2v) is 6.88. The largest absolute Gasteiger partial charge is 0.272 e. The summed E-state index contributed by atoms with van der Waals surface area (Å²) in [6, 6.07) is 8.01. The minimum atomic E-state index is -0.153. The molecular formula is C14H16N4OS2. The predicted molar refractivity (Wildman–Crippen MR) is 86.9 cm³/mol. The van der Waals surface area contributed by atoms with E-state index in [0.29, 0.717) is 0 Å². The lowest BCUT2D eigenvalue weighted by molar-refractivity contribution is -0.118. The van der Waals surface area contributed by atoms with E-state index in [1.54, 1.807) is 0 Å². The van der Waals surface area contributed by atoms with Crippen molar-refractivity contribution in [1.82, 2.24) is 15.6 Å². The van der Waals surface area contributed by atoms with Gasteiger partial charge in [0.05, 0.1) is 11.5 Å². The number of hydrogen-bond acceptors (Lipinski definition) is 6. The molecule has 0 unspecified atom stereocenters. The van der Waals surface area contributed by atoms with E-state index in [-0.39, 0.29) is 11.7 Å². The number of rotatable bonds is 5. The Balaban J connectivity index is 1.84. The Hall–Kier alpha value is -1.73. The SMILES string of the molecule is C/C(=N\NC(=O)CSc1nnc(C)s1)c1ccc(C)cc1. The Labute approximate surface area is 131 Å². The Kier molecular flexibility index (Phi) is 5.46. The van der Waals surface area contributed by atoms with Gasteiger partial charge in [-0.1, -0.05) is 52.9 Å². The molecule has 0 aliphatic rings. The maximum atomic E-state index is 11.7. The molecule has 0 saturated heterocycles. The quantitative estimate of drug-likeness (QED) is 0.522. The normalized spacial score (nSPS) is 11.5. The fourth-order valence-corrected chi connectivity index (χ4v) is 3.11. The van der Waals surface area contributed by atoms with Crippen molar-refractivity contribution < 1.29 is 4.79 Å². The van der Waals surface area contributed by atoms with E-state index in [2.05, 4.69) is 20.7 Å². The van der Waals surface area contributed by atoms with Gasteiger partial charge in [-0.05, 0) is 26.3 Å². The first-order chi connectivity index (χ1) is 10.0. The molecule has 0 fully saturated rings. The molecule has 1 aromatic heterocycles. The molecule has 0 aliphatic carbocycles. The van der Waals surface area contributed by atoms with Crippen LogP contribution in [0.5, 0.6) is 0 Å². The zero-order valence-electron chi connectivity index (χ0n) is 12.1. The molecule has 21 heavy (non-hydrogen) atoms. The molecule has 1 N–H and O–H groups in total. The molecule has 2 aromatic rings. The minimum Gasteiger partial charge on any atom is -0.272 e. The zero-order valence-corrected chi connectivity index (χ0v) is 13.7. The van der Waals surface area contributed by atoms with E-state index in [4.69, 9.17) is 0 Å². The van der Waals surface area contributed by atoms with Crippen LogP contribution in [0.25, 0.3) is 0 Å². The molecule has 1 amide bonds. The second-order valence-electron chi connectivity index (χ2n) is 4.47. The van der Waals surface area contributed by atoms with Gasteiger partial charge in [0.15, 0.2) is 4.34 Å². The lowest BCUT2D eigenvalue weighted by Crippen LogP contribution is -2.21. The van der Waals surface area contributed by atoms with Gasteiger partial charge in [-0.3, -0.25) is 4.79 Å². The number of hydrazone groups is 1. The van der Waals surface area contributed by atoms with Crippen LogP contribution in [0.2, 0.25) is 0 Å². The van der Waals surface area contributed by atoms with Crippen LogP contribution in [0, 0.1) is 13.8 Å². The summed E-state index contributed by atoms with van der Waals surface area (Å²) in [5.74, 6) is 0.124. The summed E-state index contributed by atoms with van der Waals surface area (Å²) in [5.41, 5.74) is 5.52. The summed E-state index contributed by atoms with van der Waals surface area (Å²) < 4.78 is 0.793. The zero-order chi connectivity index (χ0) is 15.2. The summed E-state index contributed by atoms with van der Waals surface area (Å²) in [7, 11) is 0. The Morgan fingerprint density at radius 3 is 2.62 bits per heavy atom. The van der Waals surface area contributed by atoms with Gasteiger partial charge < -0.3 is 0 Å². The van der Waals surface area contributed by atoms with Crippen molar-refractivity contribution in [2.45, 2.75) is 25.1 Å². The Morgan fingerprint density at radius 2 is 2.00 bits per heavy atom. The molecule has 1 aromatic carbocycles. The molecule has 0 aliphatic heterocycles. The van der Waals surface area contributed by atoms with E-state index in [0.717, 1.165) is 20.6 Å². The molecule has 5 nitrogen and oxygen atoms in total. The average Bonchev–Trinajstić information content (AvgIpc) is 2.89. The van der Waals surface area contributed by atoms with Crippen molar-refractivity contribution in [1.29, 1.82) is 0 Å². The van der Waals surface area contributed by atoms with Gasteiger partial charge in [0.25, 0.3) is 5.91 Å². The Morgan fingerprint density at radius 1 is 1.29 bits per heavy atom. The topological polar surface area (TPSA) is 67.2 Å². The molecule has 0 radical (unpaired) electrons. The third-order valence-corrected chi connectivity index (χ3v) is 4.62. The van der Waals surface area contributed by atoms with Gasteiger partial charge in [0.1, 0.15) is 5.01 Å². The number of aromatic nitrogens is 2. The fraction of sp³-hybridized carbons (Fsp3) is 0.286. The molecule has 0 saturated carbocycles. The fourth-order valence-electron chi connectivity index (χ4n) is 1.50. The standard InChI is InChI=1S/C14H16N4OS2/c1-9-4-6-12(7-5-9)10(2)15-17-13(19)8-20-14-18-16-11(3)21-14/h4-7H,8H2,1-3H3,(H,17,19)/b15-10+. The van der Waals surface area contributed by atoms with E-state index >= 15 is 0 Å². The van der Waals surface area contributed by atoms with E-state index < -0.39 is 0 Å². The molecule has 7 heteroatoms. The number of aryl methyl sites for hydroxylation is 2. The van der Waals surface area contributed by atoms with Crippen molar-refractivity contribution in [2.75, 3.05) is 5.75 Å². The molecule has 110 valence electrons.